The van der Waals surface area contributed by atoms with E-state index >= 15 is 0 Å². The molecule has 0 amide bonds. The van der Waals surface area contributed by atoms with E-state index in [-0.39, 0.29) is 4.87 Å². The molecule has 1 saturated carbocycles. The van der Waals surface area contributed by atoms with E-state index in [9.17, 15) is 4.79 Å². The van der Waals surface area contributed by atoms with Crippen molar-refractivity contribution < 1.29 is 0 Å². The lowest BCUT2D eigenvalue weighted by molar-refractivity contribution is 0.255. The van der Waals surface area contributed by atoms with Crippen molar-refractivity contribution in [3.05, 3.63) is 20.7 Å². The third-order valence-corrected chi connectivity index (χ3v) is 4.51. The molecule has 2 aliphatic rings. The summed E-state index contributed by atoms with van der Waals surface area (Å²) in [6.45, 7) is 4.28. The van der Waals surface area contributed by atoms with Crippen LogP contribution in [0.15, 0.2) is 10.2 Å². The summed E-state index contributed by atoms with van der Waals surface area (Å²) in [6, 6.07) is 2.15. The summed E-state index contributed by atoms with van der Waals surface area (Å²) < 4.78 is 0. The Hall–Kier alpha value is -0.650. The molecule has 1 aliphatic heterocycles. The van der Waals surface area contributed by atoms with Gasteiger partial charge in [0.05, 0.1) is 0 Å². The first-order chi connectivity index (χ1) is 8.22. The molecule has 0 aromatic carbocycles. The topological polar surface area (TPSA) is 48.1 Å². The van der Waals surface area contributed by atoms with Crippen LogP contribution in [-0.4, -0.2) is 34.6 Å². The van der Waals surface area contributed by atoms with Gasteiger partial charge in [-0.05, 0) is 26.2 Å². The molecule has 1 aromatic heterocycles. The molecule has 5 heteroatoms. The smallest absolute Gasteiger partial charge is 0.304 e. The summed E-state index contributed by atoms with van der Waals surface area (Å²) in [5, 5.41) is 5.46. The number of H-pyrrole nitrogens is 1. The monoisotopic (exact) mass is 253 g/mol. The normalized spacial score (nSPS) is 29.9. The molecule has 2 fully saturated rings. The second-order valence-electron chi connectivity index (χ2n) is 5.26. The van der Waals surface area contributed by atoms with Gasteiger partial charge < -0.3 is 10.3 Å². The molecule has 0 spiro atoms. The predicted octanol–water partition coefficient (Wildman–Crippen LogP) is 1.15. The Labute approximate surface area is 105 Å². The zero-order valence-electron chi connectivity index (χ0n) is 10.1. The minimum Gasteiger partial charge on any atom is -0.315 e. The molecule has 0 bridgehead atoms. The highest BCUT2D eigenvalue weighted by Crippen LogP contribution is 2.33. The summed E-state index contributed by atoms with van der Waals surface area (Å²) >= 11 is 1.24. The Morgan fingerprint density at radius 3 is 3.06 bits per heavy atom. The van der Waals surface area contributed by atoms with Crippen LogP contribution in [-0.2, 0) is 6.54 Å². The van der Waals surface area contributed by atoms with Crippen molar-refractivity contribution in [3.8, 4) is 0 Å². The van der Waals surface area contributed by atoms with E-state index in [2.05, 4.69) is 22.1 Å². The number of aromatic amines is 1. The van der Waals surface area contributed by atoms with Crippen molar-refractivity contribution in [1.82, 2.24) is 15.2 Å². The minimum absolute atomic E-state index is 0.0428. The van der Waals surface area contributed by atoms with Gasteiger partial charge in [0, 0.05) is 42.3 Å². The van der Waals surface area contributed by atoms with Crippen LogP contribution in [0.3, 0.4) is 0 Å². The lowest BCUT2D eigenvalue weighted by atomic mass is 10.2. The van der Waals surface area contributed by atoms with Crippen LogP contribution in [0.5, 0.6) is 0 Å². The zero-order valence-corrected chi connectivity index (χ0v) is 10.9. The average Bonchev–Trinajstić information content (AvgIpc) is 2.95. The van der Waals surface area contributed by atoms with E-state index in [1.165, 1.54) is 37.1 Å². The summed E-state index contributed by atoms with van der Waals surface area (Å²) in [5.74, 6) is 0. The first kappa shape index (κ1) is 11.4. The molecule has 2 unspecified atom stereocenters. The Kier molecular flexibility index (Phi) is 3.06. The second-order valence-corrected chi connectivity index (χ2v) is 6.11. The van der Waals surface area contributed by atoms with Crippen LogP contribution < -0.4 is 10.2 Å². The van der Waals surface area contributed by atoms with Crippen LogP contribution >= 0.6 is 11.3 Å². The van der Waals surface area contributed by atoms with Crippen LogP contribution in [0.25, 0.3) is 0 Å². The third kappa shape index (κ3) is 2.61. The largest absolute Gasteiger partial charge is 0.315 e. The molecule has 4 nitrogen and oxygen atoms in total. The van der Waals surface area contributed by atoms with E-state index in [0.717, 1.165) is 18.3 Å². The fourth-order valence-electron chi connectivity index (χ4n) is 2.77. The number of rotatable bonds is 4. The first-order valence-electron chi connectivity index (χ1n) is 6.38. The number of hydrogen-bond donors (Lipinski definition) is 2. The number of likely N-dealkylation sites (tertiary alicyclic amines) is 1. The molecule has 1 saturated heterocycles. The van der Waals surface area contributed by atoms with Gasteiger partial charge in [-0.3, -0.25) is 9.69 Å². The number of hydrogen-bond acceptors (Lipinski definition) is 4. The lowest BCUT2D eigenvalue weighted by Gasteiger charge is -2.19. The Bertz CT molecular complexity index is 437. The van der Waals surface area contributed by atoms with Crippen LogP contribution in [0.4, 0.5) is 0 Å². The lowest BCUT2D eigenvalue weighted by Crippen LogP contribution is -2.34. The molecule has 3 rings (SSSR count). The third-order valence-electron chi connectivity index (χ3n) is 3.79. The van der Waals surface area contributed by atoms with E-state index in [1.54, 1.807) is 0 Å². The van der Waals surface area contributed by atoms with E-state index < -0.39 is 0 Å². The van der Waals surface area contributed by atoms with Gasteiger partial charge in [-0.25, -0.2) is 0 Å². The SMILES string of the molecule is CC1CC(NCc2csc(=O)[nH]2)CN1C1CC1. The fraction of sp³-hybridized carbons (Fsp3) is 0.750. The molecule has 94 valence electrons. The van der Waals surface area contributed by atoms with Gasteiger partial charge in [-0.15, -0.1) is 0 Å². The average molecular weight is 253 g/mol. The Morgan fingerprint density at radius 1 is 1.59 bits per heavy atom. The maximum absolute atomic E-state index is 11.0. The van der Waals surface area contributed by atoms with Crippen LogP contribution in [0.2, 0.25) is 0 Å². The fourth-order valence-corrected chi connectivity index (χ4v) is 3.36. The Morgan fingerprint density at radius 2 is 2.41 bits per heavy atom. The predicted molar refractivity (Wildman–Crippen MR) is 69.4 cm³/mol. The molecular formula is C12H19N3OS. The van der Waals surface area contributed by atoms with Crippen LogP contribution in [0, 0.1) is 0 Å². The van der Waals surface area contributed by atoms with Crippen molar-refractivity contribution in [2.24, 2.45) is 0 Å². The first-order valence-corrected chi connectivity index (χ1v) is 7.26. The van der Waals surface area contributed by atoms with Crippen molar-refractivity contribution in [3.63, 3.8) is 0 Å². The van der Waals surface area contributed by atoms with Crippen molar-refractivity contribution in [2.75, 3.05) is 6.54 Å². The summed E-state index contributed by atoms with van der Waals surface area (Å²) in [4.78, 5) is 16.5. The number of thiazole rings is 1. The van der Waals surface area contributed by atoms with Gasteiger partial charge in [0.1, 0.15) is 0 Å². The maximum Gasteiger partial charge on any atom is 0.304 e. The highest BCUT2D eigenvalue weighted by atomic mass is 32.1. The second kappa shape index (κ2) is 4.55. The van der Waals surface area contributed by atoms with Crippen molar-refractivity contribution >= 4 is 11.3 Å². The van der Waals surface area contributed by atoms with Gasteiger partial charge in [0.2, 0.25) is 0 Å². The molecular weight excluding hydrogens is 234 g/mol. The highest BCUT2D eigenvalue weighted by Gasteiger charge is 2.38. The highest BCUT2D eigenvalue weighted by molar-refractivity contribution is 7.07. The standard InChI is InChI=1S/C12H19N3OS/c1-8-4-9(6-15(8)11-2-3-11)13-5-10-7-17-12(16)14-10/h7-9,11,13H,2-6H2,1H3,(H,14,16). The molecule has 0 radical (unpaired) electrons. The van der Waals surface area contributed by atoms with Gasteiger partial charge >= 0.3 is 4.87 Å². The number of nitrogens with one attached hydrogen (secondary N) is 2. The van der Waals surface area contributed by atoms with E-state index in [1.807, 2.05) is 5.38 Å². The van der Waals surface area contributed by atoms with E-state index in [4.69, 9.17) is 0 Å². The molecule has 17 heavy (non-hydrogen) atoms. The van der Waals surface area contributed by atoms with Gasteiger partial charge in [-0.2, -0.15) is 0 Å². The minimum atomic E-state index is 0.0428. The molecule has 2 atom stereocenters. The molecule has 1 aromatic rings. The maximum atomic E-state index is 11.0. The summed E-state index contributed by atoms with van der Waals surface area (Å²) in [5.41, 5.74) is 1.01. The Balaban J connectivity index is 1.51. The van der Waals surface area contributed by atoms with Crippen molar-refractivity contribution in [2.45, 2.75) is 50.9 Å². The van der Waals surface area contributed by atoms with Crippen molar-refractivity contribution in [1.29, 1.82) is 0 Å². The summed E-state index contributed by atoms with van der Waals surface area (Å²) in [6.07, 6.45) is 3.99. The van der Waals surface area contributed by atoms with E-state index in [0.29, 0.717) is 12.1 Å². The van der Waals surface area contributed by atoms with Gasteiger partial charge in [-0.1, -0.05) is 11.3 Å². The van der Waals surface area contributed by atoms with Crippen LogP contribution in [0.1, 0.15) is 31.9 Å². The number of aromatic nitrogens is 1. The summed E-state index contributed by atoms with van der Waals surface area (Å²) in [7, 11) is 0. The number of nitrogens with zero attached hydrogens (tertiary/aromatic N) is 1. The molecule has 2 N–H and O–H groups in total. The molecule has 1 aliphatic carbocycles. The molecule has 2 heterocycles. The quantitative estimate of drug-likeness (QED) is 0.846. The van der Waals surface area contributed by atoms with Gasteiger partial charge in [0.25, 0.3) is 0 Å². The zero-order chi connectivity index (χ0) is 11.8. The van der Waals surface area contributed by atoms with Gasteiger partial charge in [0.15, 0.2) is 0 Å².